The normalized spacial score (nSPS) is 12.9. The first kappa shape index (κ1) is 14.6. The van der Waals surface area contributed by atoms with Crippen molar-refractivity contribution in [1.82, 2.24) is 4.98 Å². The van der Waals surface area contributed by atoms with Crippen molar-refractivity contribution >= 4 is 23.3 Å². The smallest absolute Gasteiger partial charge is 0.357 e. The zero-order valence-electron chi connectivity index (χ0n) is 11.1. The van der Waals surface area contributed by atoms with Gasteiger partial charge in [0.05, 0.1) is 7.11 Å². The predicted octanol–water partition coefficient (Wildman–Crippen LogP) is 2.58. The van der Waals surface area contributed by atoms with E-state index in [1.807, 2.05) is 20.8 Å². The number of thiazole rings is 1. The van der Waals surface area contributed by atoms with Crippen molar-refractivity contribution in [2.45, 2.75) is 33.8 Å². The highest BCUT2D eigenvalue weighted by Gasteiger charge is 2.32. The van der Waals surface area contributed by atoms with Crippen LogP contribution in [-0.2, 0) is 14.3 Å². The van der Waals surface area contributed by atoms with Crippen LogP contribution in [0.25, 0.3) is 0 Å². The number of nitrogens with zero attached hydrogens (tertiary/aromatic N) is 1. The summed E-state index contributed by atoms with van der Waals surface area (Å²) in [6, 6.07) is 0. The molecular formula is C12H17NO4S. The van der Waals surface area contributed by atoms with Gasteiger partial charge in [0.2, 0.25) is 0 Å². The highest BCUT2D eigenvalue weighted by atomic mass is 32.1. The first-order valence-electron chi connectivity index (χ1n) is 5.46. The molecule has 0 fully saturated rings. The molecule has 18 heavy (non-hydrogen) atoms. The van der Waals surface area contributed by atoms with Crippen molar-refractivity contribution in [2.75, 3.05) is 7.11 Å². The van der Waals surface area contributed by atoms with Crippen molar-refractivity contribution in [3.63, 3.8) is 0 Å². The summed E-state index contributed by atoms with van der Waals surface area (Å²) in [6.45, 7) is 7.19. The molecule has 0 saturated carbocycles. The number of methoxy groups -OCH3 is 1. The molecule has 5 nitrogen and oxygen atoms in total. The number of carbonyl (C=O) groups is 2. The standard InChI is InChI=1S/C12H17NO4S/c1-7(14)17-9(12(2,3)4)10-13-8(6-18-10)11(15)16-5/h6,9H,1-5H3. The average Bonchev–Trinajstić information content (AvgIpc) is 2.72. The summed E-state index contributed by atoms with van der Waals surface area (Å²) in [6.07, 6.45) is -0.474. The molecule has 0 spiro atoms. The fraction of sp³-hybridized carbons (Fsp3) is 0.583. The molecule has 100 valence electrons. The summed E-state index contributed by atoms with van der Waals surface area (Å²) in [5, 5.41) is 2.20. The van der Waals surface area contributed by atoms with Crippen molar-refractivity contribution in [3.8, 4) is 0 Å². The molecule has 0 amide bonds. The summed E-state index contributed by atoms with van der Waals surface area (Å²) >= 11 is 1.28. The summed E-state index contributed by atoms with van der Waals surface area (Å²) in [5.74, 6) is -0.863. The first-order chi connectivity index (χ1) is 8.25. The minimum atomic E-state index is -0.493. The first-order valence-corrected chi connectivity index (χ1v) is 6.34. The molecule has 0 aromatic carbocycles. The fourth-order valence-corrected chi connectivity index (χ4v) is 2.43. The molecule has 0 aliphatic heterocycles. The van der Waals surface area contributed by atoms with Crippen LogP contribution in [-0.4, -0.2) is 24.0 Å². The molecule has 0 radical (unpaired) electrons. The van der Waals surface area contributed by atoms with Gasteiger partial charge in [-0.05, 0) is 0 Å². The Balaban J connectivity index is 3.03. The van der Waals surface area contributed by atoms with Gasteiger partial charge in [-0.25, -0.2) is 9.78 Å². The van der Waals surface area contributed by atoms with Gasteiger partial charge in [0.25, 0.3) is 0 Å². The van der Waals surface area contributed by atoms with Crippen LogP contribution < -0.4 is 0 Å². The highest BCUT2D eigenvalue weighted by molar-refractivity contribution is 7.09. The summed E-state index contributed by atoms with van der Waals surface area (Å²) < 4.78 is 9.88. The Kier molecular flexibility index (Phi) is 4.45. The van der Waals surface area contributed by atoms with E-state index in [1.165, 1.54) is 25.4 Å². The van der Waals surface area contributed by atoms with Gasteiger partial charge >= 0.3 is 11.9 Å². The number of carbonyl (C=O) groups excluding carboxylic acids is 2. The van der Waals surface area contributed by atoms with Gasteiger partial charge < -0.3 is 9.47 Å². The number of aromatic nitrogens is 1. The lowest BCUT2D eigenvalue weighted by atomic mass is 9.89. The molecule has 0 N–H and O–H groups in total. The fourth-order valence-electron chi connectivity index (χ4n) is 1.37. The maximum absolute atomic E-state index is 11.3. The molecule has 1 atom stereocenters. The van der Waals surface area contributed by atoms with E-state index in [9.17, 15) is 9.59 Å². The zero-order valence-corrected chi connectivity index (χ0v) is 12.0. The maximum atomic E-state index is 11.3. The van der Waals surface area contributed by atoms with Crippen LogP contribution in [0.4, 0.5) is 0 Å². The van der Waals surface area contributed by atoms with Crippen LogP contribution in [0.3, 0.4) is 0 Å². The van der Waals surface area contributed by atoms with Crippen molar-refractivity contribution in [3.05, 3.63) is 16.1 Å². The topological polar surface area (TPSA) is 65.5 Å². The van der Waals surface area contributed by atoms with Gasteiger partial charge in [0.15, 0.2) is 11.8 Å². The molecular weight excluding hydrogens is 254 g/mol. The SMILES string of the molecule is COC(=O)c1csc(C(OC(C)=O)C(C)(C)C)n1. The highest BCUT2D eigenvalue weighted by Crippen LogP contribution is 2.37. The summed E-state index contributed by atoms with van der Waals surface area (Å²) in [4.78, 5) is 26.6. The van der Waals surface area contributed by atoms with Crippen LogP contribution in [0.1, 0.15) is 49.3 Å². The van der Waals surface area contributed by atoms with E-state index in [1.54, 1.807) is 5.38 Å². The van der Waals surface area contributed by atoms with E-state index < -0.39 is 12.1 Å². The van der Waals surface area contributed by atoms with E-state index >= 15 is 0 Å². The van der Waals surface area contributed by atoms with Crippen LogP contribution in [0.2, 0.25) is 0 Å². The minimum Gasteiger partial charge on any atom is -0.464 e. The second kappa shape index (κ2) is 5.48. The quantitative estimate of drug-likeness (QED) is 0.790. The molecule has 1 aromatic heterocycles. The zero-order chi connectivity index (χ0) is 13.9. The molecule has 0 saturated heterocycles. The average molecular weight is 271 g/mol. The second-order valence-electron chi connectivity index (χ2n) is 4.92. The van der Waals surface area contributed by atoms with Crippen LogP contribution in [0.15, 0.2) is 5.38 Å². The Morgan fingerprint density at radius 2 is 2.00 bits per heavy atom. The van der Waals surface area contributed by atoms with Gasteiger partial charge in [-0.3, -0.25) is 4.79 Å². The molecule has 1 aromatic rings. The lowest BCUT2D eigenvalue weighted by Crippen LogP contribution is -2.23. The number of ether oxygens (including phenoxy) is 2. The van der Waals surface area contributed by atoms with Crippen LogP contribution in [0, 0.1) is 5.41 Å². The monoisotopic (exact) mass is 271 g/mol. The molecule has 0 bridgehead atoms. The van der Waals surface area contributed by atoms with Crippen molar-refractivity contribution in [1.29, 1.82) is 0 Å². The van der Waals surface area contributed by atoms with Crippen LogP contribution in [0.5, 0.6) is 0 Å². The molecule has 0 aliphatic rings. The third-order valence-electron chi connectivity index (χ3n) is 2.21. The van der Waals surface area contributed by atoms with Gasteiger partial charge in [-0.1, -0.05) is 20.8 Å². The Morgan fingerprint density at radius 1 is 1.39 bits per heavy atom. The van der Waals surface area contributed by atoms with E-state index in [-0.39, 0.29) is 17.1 Å². The Morgan fingerprint density at radius 3 is 2.44 bits per heavy atom. The molecule has 0 aliphatic carbocycles. The lowest BCUT2D eigenvalue weighted by Gasteiger charge is -2.28. The molecule has 1 heterocycles. The summed E-state index contributed by atoms with van der Waals surface area (Å²) in [7, 11) is 1.30. The molecule has 1 unspecified atom stereocenters. The maximum Gasteiger partial charge on any atom is 0.357 e. The number of hydrogen-bond acceptors (Lipinski definition) is 6. The third-order valence-corrected chi connectivity index (χ3v) is 3.10. The summed E-state index contributed by atoms with van der Waals surface area (Å²) in [5.41, 5.74) is -0.0596. The van der Waals surface area contributed by atoms with Gasteiger partial charge in [-0.15, -0.1) is 11.3 Å². The second-order valence-corrected chi connectivity index (χ2v) is 5.81. The lowest BCUT2D eigenvalue weighted by molar-refractivity contribution is -0.152. The Hall–Kier alpha value is -1.43. The molecule has 1 rings (SSSR count). The minimum absolute atomic E-state index is 0.235. The van der Waals surface area contributed by atoms with Gasteiger partial charge in [-0.2, -0.15) is 0 Å². The van der Waals surface area contributed by atoms with Gasteiger partial charge in [0, 0.05) is 17.7 Å². The number of hydrogen-bond donors (Lipinski definition) is 0. The van der Waals surface area contributed by atoms with Gasteiger partial charge in [0.1, 0.15) is 5.01 Å². The number of rotatable bonds is 3. The van der Waals surface area contributed by atoms with E-state index in [0.29, 0.717) is 5.01 Å². The van der Waals surface area contributed by atoms with E-state index in [4.69, 9.17) is 4.74 Å². The third kappa shape index (κ3) is 3.53. The largest absolute Gasteiger partial charge is 0.464 e. The molecule has 6 heteroatoms. The van der Waals surface area contributed by atoms with E-state index in [0.717, 1.165) is 0 Å². The Labute approximate surface area is 110 Å². The predicted molar refractivity (Wildman–Crippen MR) is 67.4 cm³/mol. The van der Waals surface area contributed by atoms with Crippen LogP contribution >= 0.6 is 11.3 Å². The van der Waals surface area contributed by atoms with E-state index in [2.05, 4.69) is 9.72 Å². The van der Waals surface area contributed by atoms with Crippen molar-refractivity contribution < 1.29 is 19.1 Å². The number of esters is 2. The van der Waals surface area contributed by atoms with Crippen molar-refractivity contribution in [2.24, 2.45) is 5.41 Å². The Bertz CT molecular complexity index is 447.